The van der Waals surface area contributed by atoms with Gasteiger partial charge in [0.05, 0.1) is 14.2 Å². The number of methoxy groups -OCH3 is 2. The number of aliphatic hydroxyl groups is 1. The minimum Gasteiger partial charge on any atom is -0.493 e. The van der Waals surface area contributed by atoms with Crippen LogP contribution in [0.4, 0.5) is 4.39 Å². The summed E-state index contributed by atoms with van der Waals surface area (Å²) in [6.07, 6.45) is -0.730. The third kappa shape index (κ3) is 7.12. The summed E-state index contributed by atoms with van der Waals surface area (Å²) in [4.78, 5) is 2.07. The highest BCUT2D eigenvalue weighted by molar-refractivity contribution is 6.30. The maximum absolute atomic E-state index is 13.3. The zero-order valence-electron chi connectivity index (χ0n) is 18.1. The van der Waals surface area contributed by atoms with Gasteiger partial charge in [0.25, 0.3) is 0 Å². The van der Waals surface area contributed by atoms with Crippen molar-refractivity contribution in [2.75, 3.05) is 27.4 Å². The number of rotatable bonds is 11. The molecule has 0 fully saturated rings. The van der Waals surface area contributed by atoms with Gasteiger partial charge in [-0.3, -0.25) is 4.90 Å². The average Bonchev–Trinajstić information content (AvgIpc) is 2.80. The van der Waals surface area contributed by atoms with Crippen molar-refractivity contribution < 1.29 is 23.7 Å². The molecule has 170 valence electrons. The molecule has 0 saturated carbocycles. The molecule has 0 amide bonds. The Morgan fingerprint density at radius 1 is 0.875 bits per heavy atom. The van der Waals surface area contributed by atoms with E-state index in [2.05, 4.69) is 4.90 Å². The third-order valence-electron chi connectivity index (χ3n) is 4.90. The lowest BCUT2D eigenvalue weighted by Crippen LogP contribution is -2.35. The quantitative estimate of drug-likeness (QED) is 0.440. The number of halogens is 2. The lowest BCUT2D eigenvalue weighted by atomic mass is 10.1. The molecule has 0 heterocycles. The van der Waals surface area contributed by atoms with E-state index in [0.29, 0.717) is 41.9 Å². The predicted octanol–water partition coefficient (Wildman–Crippen LogP) is 4.94. The predicted molar refractivity (Wildman–Crippen MR) is 123 cm³/mol. The fourth-order valence-corrected chi connectivity index (χ4v) is 3.47. The topological polar surface area (TPSA) is 51.2 Å². The lowest BCUT2D eigenvalue weighted by molar-refractivity contribution is 0.0628. The number of ether oxygens (including phenoxy) is 3. The largest absolute Gasteiger partial charge is 0.493 e. The van der Waals surface area contributed by atoms with Crippen molar-refractivity contribution >= 4 is 11.6 Å². The highest BCUT2D eigenvalue weighted by atomic mass is 35.5. The fraction of sp³-hybridized carbons (Fsp3) is 0.280. The molecule has 0 aliphatic carbocycles. The second kappa shape index (κ2) is 11.7. The van der Waals surface area contributed by atoms with Gasteiger partial charge in [-0.05, 0) is 59.7 Å². The van der Waals surface area contributed by atoms with Gasteiger partial charge in [-0.15, -0.1) is 0 Å². The molecule has 3 rings (SSSR count). The second-order valence-electron chi connectivity index (χ2n) is 7.40. The Kier molecular flexibility index (Phi) is 8.73. The summed E-state index contributed by atoms with van der Waals surface area (Å²) in [5, 5.41) is 11.2. The van der Waals surface area contributed by atoms with E-state index >= 15 is 0 Å². The fourth-order valence-electron chi connectivity index (χ4n) is 3.34. The van der Waals surface area contributed by atoms with Gasteiger partial charge >= 0.3 is 0 Å². The van der Waals surface area contributed by atoms with Crippen LogP contribution in [0.25, 0.3) is 0 Å². The monoisotopic (exact) mass is 459 g/mol. The Morgan fingerprint density at radius 2 is 1.50 bits per heavy atom. The maximum Gasteiger partial charge on any atom is 0.161 e. The molecule has 0 bridgehead atoms. The Bertz CT molecular complexity index is 982. The van der Waals surface area contributed by atoms with Gasteiger partial charge in [0.1, 0.15) is 24.3 Å². The zero-order chi connectivity index (χ0) is 22.9. The van der Waals surface area contributed by atoms with Crippen LogP contribution >= 0.6 is 11.6 Å². The molecule has 0 radical (unpaired) electrons. The average molecular weight is 460 g/mol. The normalized spacial score (nSPS) is 11.9. The van der Waals surface area contributed by atoms with Crippen LogP contribution in [0.5, 0.6) is 17.2 Å². The van der Waals surface area contributed by atoms with E-state index in [1.807, 2.05) is 18.2 Å². The van der Waals surface area contributed by atoms with Crippen LogP contribution in [0.3, 0.4) is 0 Å². The van der Waals surface area contributed by atoms with Crippen LogP contribution in [0, 0.1) is 5.82 Å². The number of hydrogen-bond acceptors (Lipinski definition) is 5. The summed E-state index contributed by atoms with van der Waals surface area (Å²) in [5.74, 6) is 1.64. The Balaban J connectivity index is 1.69. The van der Waals surface area contributed by atoms with Crippen molar-refractivity contribution in [3.8, 4) is 17.2 Å². The Hall–Kier alpha value is -2.80. The van der Waals surface area contributed by atoms with Gasteiger partial charge in [-0.2, -0.15) is 0 Å². The Morgan fingerprint density at radius 3 is 2.16 bits per heavy atom. The SMILES string of the molecule is COc1ccc(CN(Cc2ccc(F)cc2)CC(O)COc2ccc(Cl)cc2)cc1OC. The highest BCUT2D eigenvalue weighted by Crippen LogP contribution is 2.28. The summed E-state index contributed by atoms with van der Waals surface area (Å²) in [6, 6.07) is 19.1. The van der Waals surface area contributed by atoms with Crippen LogP contribution in [-0.4, -0.2) is 43.5 Å². The summed E-state index contributed by atoms with van der Waals surface area (Å²) in [6.45, 7) is 1.58. The molecule has 0 aromatic heterocycles. The van der Waals surface area contributed by atoms with Crippen LogP contribution in [0.1, 0.15) is 11.1 Å². The second-order valence-corrected chi connectivity index (χ2v) is 7.84. The summed E-state index contributed by atoms with van der Waals surface area (Å²) >= 11 is 5.90. The molecule has 0 aliphatic rings. The summed E-state index contributed by atoms with van der Waals surface area (Å²) in [7, 11) is 3.19. The molecule has 0 aliphatic heterocycles. The third-order valence-corrected chi connectivity index (χ3v) is 5.15. The minimum absolute atomic E-state index is 0.132. The minimum atomic E-state index is -0.730. The number of benzene rings is 3. The molecule has 5 nitrogen and oxygen atoms in total. The first-order chi connectivity index (χ1) is 15.5. The van der Waals surface area contributed by atoms with Crippen LogP contribution < -0.4 is 14.2 Å². The van der Waals surface area contributed by atoms with Crippen LogP contribution in [-0.2, 0) is 13.1 Å². The number of hydrogen-bond donors (Lipinski definition) is 1. The molecule has 3 aromatic carbocycles. The number of aliphatic hydroxyl groups excluding tert-OH is 1. The van der Waals surface area contributed by atoms with Crippen molar-refractivity contribution in [1.29, 1.82) is 0 Å². The molecule has 32 heavy (non-hydrogen) atoms. The number of nitrogens with zero attached hydrogens (tertiary/aromatic N) is 1. The van der Waals surface area contributed by atoms with Gasteiger partial charge in [-0.1, -0.05) is 29.8 Å². The molecule has 0 spiro atoms. The van der Waals surface area contributed by atoms with E-state index in [1.54, 1.807) is 50.6 Å². The summed E-state index contributed by atoms with van der Waals surface area (Å²) < 4.78 is 29.7. The first-order valence-electron chi connectivity index (χ1n) is 10.2. The zero-order valence-corrected chi connectivity index (χ0v) is 18.9. The van der Waals surface area contributed by atoms with Crippen molar-refractivity contribution in [3.05, 3.63) is 88.7 Å². The van der Waals surface area contributed by atoms with Crippen molar-refractivity contribution in [1.82, 2.24) is 4.90 Å². The van der Waals surface area contributed by atoms with E-state index < -0.39 is 6.10 Å². The maximum atomic E-state index is 13.3. The first-order valence-corrected chi connectivity index (χ1v) is 10.6. The van der Waals surface area contributed by atoms with Crippen LogP contribution in [0.2, 0.25) is 5.02 Å². The molecule has 1 N–H and O–H groups in total. The van der Waals surface area contributed by atoms with Gasteiger partial charge in [0.2, 0.25) is 0 Å². The standard InChI is InChI=1S/C25H27ClFNO4/c1-30-24-12-5-19(13-25(24)31-2)15-28(14-18-3-8-21(27)9-4-18)16-22(29)17-32-23-10-6-20(26)7-11-23/h3-13,22,29H,14-17H2,1-2H3. The smallest absolute Gasteiger partial charge is 0.161 e. The molecule has 7 heteroatoms. The van der Waals surface area contributed by atoms with E-state index in [1.165, 1.54) is 12.1 Å². The molecule has 0 saturated heterocycles. The van der Waals surface area contributed by atoms with E-state index in [4.69, 9.17) is 25.8 Å². The van der Waals surface area contributed by atoms with Gasteiger partial charge in [0, 0.05) is 24.7 Å². The van der Waals surface area contributed by atoms with E-state index in [-0.39, 0.29) is 12.4 Å². The van der Waals surface area contributed by atoms with E-state index in [9.17, 15) is 9.50 Å². The van der Waals surface area contributed by atoms with Crippen molar-refractivity contribution in [2.45, 2.75) is 19.2 Å². The first kappa shape index (κ1) is 23.9. The van der Waals surface area contributed by atoms with Gasteiger partial charge < -0.3 is 19.3 Å². The van der Waals surface area contributed by atoms with E-state index in [0.717, 1.165) is 11.1 Å². The highest BCUT2D eigenvalue weighted by Gasteiger charge is 2.15. The van der Waals surface area contributed by atoms with Crippen molar-refractivity contribution in [2.24, 2.45) is 0 Å². The van der Waals surface area contributed by atoms with Crippen LogP contribution in [0.15, 0.2) is 66.7 Å². The lowest BCUT2D eigenvalue weighted by Gasteiger charge is -2.26. The molecule has 1 unspecified atom stereocenters. The van der Waals surface area contributed by atoms with Crippen molar-refractivity contribution in [3.63, 3.8) is 0 Å². The summed E-state index contributed by atoms with van der Waals surface area (Å²) in [5.41, 5.74) is 1.94. The molecular weight excluding hydrogens is 433 g/mol. The Labute approximate surface area is 192 Å². The molecular formula is C25H27ClFNO4. The van der Waals surface area contributed by atoms with Gasteiger partial charge in [0.15, 0.2) is 11.5 Å². The van der Waals surface area contributed by atoms with Gasteiger partial charge in [-0.25, -0.2) is 4.39 Å². The molecule has 1 atom stereocenters. The molecule has 3 aromatic rings.